The molecule has 146 valence electrons. The molecule has 0 aliphatic carbocycles. The van der Waals surface area contributed by atoms with E-state index in [1.165, 1.54) is 36.2 Å². The third-order valence-corrected chi connectivity index (χ3v) is 5.76. The number of fused-ring (bicyclic) bond motifs is 5. The highest BCUT2D eigenvalue weighted by molar-refractivity contribution is 9.10. The van der Waals surface area contributed by atoms with Crippen LogP contribution in [0.25, 0.3) is 0 Å². The highest BCUT2D eigenvalue weighted by atomic mass is 79.9. The van der Waals surface area contributed by atoms with E-state index < -0.39 is 29.8 Å². The first kappa shape index (κ1) is 18.7. The fourth-order valence-electron chi connectivity index (χ4n) is 3.83. The monoisotopic (exact) mass is 452 g/mol. The largest absolute Gasteiger partial charge is 0.465 e. The Kier molecular flexibility index (Phi) is 4.49. The molecule has 2 atom stereocenters. The third kappa shape index (κ3) is 2.81. The van der Waals surface area contributed by atoms with Crippen LogP contribution in [0, 0.1) is 11.6 Å². The van der Waals surface area contributed by atoms with Gasteiger partial charge in [0, 0.05) is 19.5 Å². The van der Waals surface area contributed by atoms with Crippen molar-refractivity contribution in [1.82, 2.24) is 4.90 Å². The molecule has 2 aliphatic heterocycles. The van der Waals surface area contributed by atoms with Gasteiger partial charge in [0.05, 0.1) is 27.8 Å². The minimum atomic E-state index is -1.19. The van der Waals surface area contributed by atoms with Crippen LogP contribution in [0.5, 0.6) is 11.5 Å². The van der Waals surface area contributed by atoms with Gasteiger partial charge < -0.3 is 14.7 Å². The van der Waals surface area contributed by atoms with E-state index >= 15 is 0 Å². The minimum absolute atomic E-state index is 0.0574. The molecule has 6 nitrogen and oxygen atoms in total. The summed E-state index contributed by atoms with van der Waals surface area (Å²) >= 11 is 3.11. The zero-order valence-electron chi connectivity index (χ0n) is 14.7. The number of hydrogen-bond donors (Lipinski definition) is 1. The lowest BCUT2D eigenvalue weighted by Gasteiger charge is -2.43. The summed E-state index contributed by atoms with van der Waals surface area (Å²) in [6, 6.07) is 5.05. The molecule has 9 heteroatoms. The Morgan fingerprint density at radius 2 is 2.04 bits per heavy atom. The van der Waals surface area contributed by atoms with Crippen LogP contribution in [0.15, 0.2) is 34.8 Å². The number of hydrogen-bond acceptors (Lipinski definition) is 3. The second-order valence-electron chi connectivity index (χ2n) is 6.70. The van der Waals surface area contributed by atoms with Crippen molar-refractivity contribution in [3.63, 3.8) is 0 Å². The molecule has 0 saturated carbocycles. The summed E-state index contributed by atoms with van der Waals surface area (Å²) in [7, 11) is 1.38. The number of carbonyl (C=O) groups is 2. The van der Waals surface area contributed by atoms with Crippen LogP contribution in [0.3, 0.4) is 0 Å². The molecule has 1 saturated heterocycles. The summed E-state index contributed by atoms with van der Waals surface area (Å²) in [5.74, 6) is -1.37. The first-order valence-electron chi connectivity index (χ1n) is 8.52. The number of amides is 2. The molecule has 2 amide bonds. The molecule has 0 bridgehead atoms. The van der Waals surface area contributed by atoms with Crippen molar-refractivity contribution in [1.29, 1.82) is 0 Å². The van der Waals surface area contributed by atoms with Gasteiger partial charge in [-0.1, -0.05) is 6.07 Å². The van der Waals surface area contributed by atoms with Crippen molar-refractivity contribution in [3.8, 4) is 11.5 Å². The van der Waals surface area contributed by atoms with Crippen LogP contribution in [-0.2, 0) is 4.79 Å². The van der Waals surface area contributed by atoms with E-state index in [9.17, 15) is 23.5 Å². The third-order valence-electron chi connectivity index (χ3n) is 5.15. The number of benzene rings is 2. The predicted molar refractivity (Wildman–Crippen MR) is 99.6 cm³/mol. The fraction of sp³-hybridized carbons (Fsp3) is 0.263. The lowest BCUT2D eigenvalue weighted by atomic mass is 9.88. The molecule has 2 aliphatic rings. The van der Waals surface area contributed by atoms with Gasteiger partial charge in [-0.15, -0.1) is 0 Å². The molecule has 1 fully saturated rings. The van der Waals surface area contributed by atoms with Crippen LogP contribution in [0.1, 0.15) is 24.4 Å². The number of carbonyl (C=O) groups excluding carboxylic acids is 1. The first-order valence-corrected chi connectivity index (χ1v) is 9.32. The van der Waals surface area contributed by atoms with Gasteiger partial charge >= 0.3 is 6.09 Å². The molecule has 0 aromatic heterocycles. The molecule has 2 heterocycles. The van der Waals surface area contributed by atoms with Gasteiger partial charge in [-0.3, -0.25) is 9.69 Å². The van der Waals surface area contributed by atoms with Crippen LogP contribution >= 0.6 is 15.9 Å². The average Bonchev–Trinajstić information content (AvgIpc) is 2.78. The van der Waals surface area contributed by atoms with Gasteiger partial charge in [0.1, 0.15) is 17.4 Å². The average molecular weight is 453 g/mol. The normalized spacial score (nSPS) is 20.4. The van der Waals surface area contributed by atoms with Crippen LogP contribution in [0.4, 0.5) is 19.3 Å². The van der Waals surface area contributed by atoms with Gasteiger partial charge in [-0.2, -0.15) is 0 Å². The zero-order chi connectivity index (χ0) is 20.2. The molecule has 2 aromatic rings. The Balaban J connectivity index is 2.01. The summed E-state index contributed by atoms with van der Waals surface area (Å²) in [5, 5.41) is 9.49. The summed E-state index contributed by atoms with van der Waals surface area (Å²) in [6.07, 6.45) is -0.895. The molecule has 2 aromatic carbocycles. The van der Waals surface area contributed by atoms with Crippen molar-refractivity contribution in [3.05, 3.63) is 52.0 Å². The highest BCUT2D eigenvalue weighted by Crippen LogP contribution is 2.50. The van der Waals surface area contributed by atoms with E-state index in [1.54, 1.807) is 0 Å². The number of piperidine rings is 1. The van der Waals surface area contributed by atoms with Gasteiger partial charge in [-0.25, -0.2) is 13.6 Å². The molecule has 1 N–H and O–H groups in total. The molecule has 28 heavy (non-hydrogen) atoms. The van der Waals surface area contributed by atoms with E-state index in [4.69, 9.17) is 4.74 Å². The second kappa shape index (κ2) is 6.73. The number of ether oxygens (including phenoxy) is 1. The van der Waals surface area contributed by atoms with E-state index in [0.29, 0.717) is 0 Å². The van der Waals surface area contributed by atoms with Gasteiger partial charge in [0.15, 0.2) is 5.75 Å². The Hall–Kier alpha value is -2.68. The molecular weight excluding hydrogens is 438 g/mol. The number of carboxylic acid groups (broad SMARTS) is 1. The van der Waals surface area contributed by atoms with Crippen molar-refractivity contribution in [2.24, 2.45) is 0 Å². The number of nitrogens with zero attached hydrogens (tertiary/aromatic N) is 2. The fourth-order valence-corrected chi connectivity index (χ4v) is 4.16. The van der Waals surface area contributed by atoms with E-state index in [0.717, 1.165) is 11.0 Å². The maximum atomic E-state index is 14.9. The lowest BCUT2D eigenvalue weighted by Crippen LogP contribution is -2.52. The van der Waals surface area contributed by atoms with Crippen LogP contribution in [-0.4, -0.2) is 35.1 Å². The van der Waals surface area contributed by atoms with Gasteiger partial charge in [-0.05, 0) is 40.5 Å². The Bertz CT molecular complexity index is 1000. The summed E-state index contributed by atoms with van der Waals surface area (Å²) in [4.78, 5) is 26.9. The molecule has 0 spiro atoms. The smallest absolute Gasteiger partial charge is 0.407 e. The first-order chi connectivity index (χ1) is 13.3. The van der Waals surface area contributed by atoms with E-state index in [-0.39, 0.29) is 46.0 Å². The number of rotatable bonds is 1. The standard InChI is InChI=1S/C19H15BrF2N2O4/c1-23(19(26)27)12-5-6-16(25)24-13-7-9(20)11(22)8-15(13)28-14-4-2-3-10(21)17(14)18(12)24/h2-4,7-8,12,18H,5-6H2,1H3,(H,26,27)/t12-,18-/m1/s1. The topological polar surface area (TPSA) is 70.1 Å². The van der Waals surface area contributed by atoms with Gasteiger partial charge in [0.2, 0.25) is 5.91 Å². The van der Waals surface area contributed by atoms with Crippen molar-refractivity contribution >= 4 is 33.6 Å². The number of anilines is 1. The summed E-state index contributed by atoms with van der Waals surface area (Å²) in [5.41, 5.74) is 0.323. The maximum absolute atomic E-state index is 14.9. The quantitative estimate of drug-likeness (QED) is 0.681. The van der Waals surface area contributed by atoms with Crippen LogP contribution in [0.2, 0.25) is 0 Å². The minimum Gasteiger partial charge on any atom is -0.465 e. The van der Waals surface area contributed by atoms with Crippen molar-refractivity contribution < 1.29 is 28.2 Å². The zero-order valence-corrected chi connectivity index (χ0v) is 16.2. The van der Waals surface area contributed by atoms with Gasteiger partial charge in [0.25, 0.3) is 0 Å². The Morgan fingerprint density at radius 3 is 2.75 bits per heavy atom. The maximum Gasteiger partial charge on any atom is 0.407 e. The SMILES string of the molecule is CN(C(=O)O)[C@@H]1CCC(=O)N2c3cc(Br)c(F)cc3Oc3cccc(F)c3[C@@H]12. The molecular formula is C19H15BrF2N2O4. The number of halogens is 3. The molecule has 0 unspecified atom stereocenters. The van der Waals surface area contributed by atoms with Crippen LogP contribution < -0.4 is 9.64 Å². The predicted octanol–water partition coefficient (Wildman–Crippen LogP) is 4.68. The molecule has 4 rings (SSSR count). The van der Waals surface area contributed by atoms with Crippen molar-refractivity contribution in [2.45, 2.75) is 24.9 Å². The highest BCUT2D eigenvalue weighted by Gasteiger charge is 2.46. The van der Waals surface area contributed by atoms with E-state index in [1.807, 2.05) is 0 Å². The lowest BCUT2D eigenvalue weighted by molar-refractivity contribution is -0.121. The molecule has 0 radical (unpaired) electrons. The van der Waals surface area contributed by atoms with Crippen molar-refractivity contribution in [2.75, 3.05) is 11.9 Å². The second-order valence-corrected chi connectivity index (χ2v) is 7.55. The number of likely N-dealkylation sites (N-methyl/N-ethyl adjacent to an activating group) is 1. The summed E-state index contributed by atoms with van der Waals surface area (Å²) < 4.78 is 34.9. The Morgan fingerprint density at radius 1 is 1.29 bits per heavy atom. The van der Waals surface area contributed by atoms with E-state index in [2.05, 4.69) is 15.9 Å². The summed E-state index contributed by atoms with van der Waals surface area (Å²) in [6.45, 7) is 0. The Labute approximate surface area is 167 Å².